The predicted octanol–water partition coefficient (Wildman–Crippen LogP) is 4.63. The van der Waals surface area contributed by atoms with Gasteiger partial charge in [-0.3, -0.25) is 9.78 Å². The second-order valence-corrected chi connectivity index (χ2v) is 12.0. The molecular formula is C26H28ClN3O3S. The number of carbonyl (C=O) groups excluding carboxylic acids is 1. The highest BCUT2D eigenvalue weighted by molar-refractivity contribution is 7.91. The van der Waals surface area contributed by atoms with Crippen LogP contribution < -0.4 is 4.90 Å². The molecule has 1 spiro atoms. The number of fused-ring (bicyclic) bond motifs is 1. The Morgan fingerprint density at radius 1 is 1.03 bits per heavy atom. The van der Waals surface area contributed by atoms with Crippen molar-refractivity contribution >= 4 is 43.8 Å². The Morgan fingerprint density at radius 2 is 1.76 bits per heavy atom. The van der Waals surface area contributed by atoms with Gasteiger partial charge in [0.25, 0.3) is 0 Å². The van der Waals surface area contributed by atoms with Crippen molar-refractivity contribution in [3.05, 3.63) is 65.4 Å². The van der Waals surface area contributed by atoms with Gasteiger partial charge in [0.15, 0.2) is 9.84 Å². The van der Waals surface area contributed by atoms with E-state index in [-0.39, 0.29) is 17.2 Å². The monoisotopic (exact) mass is 497 g/mol. The number of anilines is 1. The van der Waals surface area contributed by atoms with Crippen molar-refractivity contribution < 1.29 is 13.2 Å². The zero-order valence-corrected chi connectivity index (χ0v) is 20.8. The number of nitrogens with zero attached hydrogens (tertiary/aromatic N) is 3. The van der Waals surface area contributed by atoms with Crippen molar-refractivity contribution in [1.82, 2.24) is 9.88 Å². The molecule has 1 amide bonds. The summed E-state index contributed by atoms with van der Waals surface area (Å²) < 4.78 is 25.9. The van der Waals surface area contributed by atoms with Gasteiger partial charge in [0.1, 0.15) is 0 Å². The third-order valence-corrected chi connectivity index (χ3v) is 9.25. The Balaban J connectivity index is 1.20. The van der Waals surface area contributed by atoms with Crippen molar-refractivity contribution in [2.24, 2.45) is 0 Å². The zero-order chi connectivity index (χ0) is 23.9. The second kappa shape index (κ2) is 8.86. The van der Waals surface area contributed by atoms with Gasteiger partial charge in [-0.1, -0.05) is 23.7 Å². The summed E-state index contributed by atoms with van der Waals surface area (Å²) in [4.78, 5) is 21.3. The molecule has 0 atom stereocenters. The number of amides is 1. The second-order valence-electron chi connectivity index (χ2n) is 9.41. The Bertz CT molecular complexity index is 1350. The first kappa shape index (κ1) is 23.1. The first-order chi connectivity index (χ1) is 16.3. The number of β-lactam (4-membered cyclic amide) rings is 1. The number of aromatic nitrogens is 1. The van der Waals surface area contributed by atoms with Gasteiger partial charge in [0.2, 0.25) is 5.91 Å². The molecule has 0 saturated carbocycles. The Morgan fingerprint density at radius 3 is 2.50 bits per heavy atom. The number of likely N-dealkylation sites (tertiary alicyclic amines) is 1. The van der Waals surface area contributed by atoms with Crippen molar-refractivity contribution in [3.8, 4) is 0 Å². The highest BCUT2D eigenvalue weighted by atomic mass is 35.5. The average Bonchev–Trinajstić information content (AvgIpc) is 2.82. The molecule has 2 aliphatic heterocycles. The van der Waals surface area contributed by atoms with E-state index >= 15 is 0 Å². The number of hydrogen-bond acceptors (Lipinski definition) is 5. The van der Waals surface area contributed by atoms with Crippen LogP contribution in [0.3, 0.4) is 0 Å². The van der Waals surface area contributed by atoms with Crippen LogP contribution in [0.5, 0.6) is 0 Å². The number of benzene rings is 2. The molecule has 3 heterocycles. The van der Waals surface area contributed by atoms with E-state index in [1.165, 1.54) is 5.69 Å². The molecule has 2 aliphatic rings. The number of halogens is 1. The number of piperidine rings is 1. The molecule has 178 valence electrons. The van der Waals surface area contributed by atoms with Crippen LogP contribution in [-0.2, 0) is 14.6 Å². The predicted molar refractivity (Wildman–Crippen MR) is 135 cm³/mol. The smallest absolute Gasteiger partial charge is 0.225 e. The lowest BCUT2D eigenvalue weighted by atomic mass is 9.75. The first-order valence-electron chi connectivity index (χ1n) is 11.7. The van der Waals surface area contributed by atoms with E-state index in [0.717, 1.165) is 42.4 Å². The van der Waals surface area contributed by atoms with Gasteiger partial charge in [0.05, 0.1) is 22.6 Å². The number of aryl methyl sites for hydroxylation is 1. The van der Waals surface area contributed by atoms with Crippen molar-refractivity contribution in [2.45, 2.75) is 43.0 Å². The zero-order valence-electron chi connectivity index (χ0n) is 19.2. The molecule has 0 N–H and O–H groups in total. The van der Waals surface area contributed by atoms with Crippen LogP contribution in [0, 0.1) is 6.92 Å². The molecule has 2 saturated heterocycles. The maximum Gasteiger partial charge on any atom is 0.225 e. The molecule has 0 bridgehead atoms. The molecule has 8 heteroatoms. The molecule has 6 nitrogen and oxygen atoms in total. The van der Waals surface area contributed by atoms with Crippen LogP contribution in [0.15, 0.2) is 59.6 Å². The van der Waals surface area contributed by atoms with Gasteiger partial charge < -0.3 is 9.80 Å². The van der Waals surface area contributed by atoms with E-state index in [1.54, 1.807) is 24.3 Å². The standard InChI is InChI=1S/C26H28ClN3O3S/c1-19-15-23(7-10-28-19)29-12-8-26(9-13-29)18-25(31)30(26)11-2-14-34(32,33)24-6-4-20-16-22(27)5-3-21(20)17-24/h3-7,10,15-17H,2,8-9,11-14,18H2,1H3. The summed E-state index contributed by atoms with van der Waals surface area (Å²) in [6.07, 6.45) is 4.64. The molecule has 2 aromatic carbocycles. The fourth-order valence-electron chi connectivity index (χ4n) is 5.28. The Kier molecular flexibility index (Phi) is 6.02. The van der Waals surface area contributed by atoms with Crippen LogP contribution in [0.25, 0.3) is 10.8 Å². The van der Waals surface area contributed by atoms with Gasteiger partial charge in [-0.05, 0) is 73.4 Å². The SMILES string of the molecule is Cc1cc(N2CCC3(CC2)CC(=O)N3CCCS(=O)(=O)c2ccc3cc(Cl)ccc3c2)ccn1. The highest BCUT2D eigenvalue weighted by Crippen LogP contribution is 2.41. The van der Waals surface area contributed by atoms with Crippen LogP contribution in [0.2, 0.25) is 5.02 Å². The van der Waals surface area contributed by atoms with E-state index in [2.05, 4.69) is 16.0 Å². The lowest BCUT2D eigenvalue weighted by molar-refractivity contribution is -0.159. The maximum absolute atomic E-state index is 13.0. The molecule has 3 aromatic rings. The van der Waals surface area contributed by atoms with E-state index in [4.69, 9.17) is 11.6 Å². The largest absolute Gasteiger partial charge is 0.371 e. The minimum absolute atomic E-state index is 0.0222. The number of sulfone groups is 1. The average molecular weight is 498 g/mol. The highest BCUT2D eigenvalue weighted by Gasteiger charge is 2.51. The summed E-state index contributed by atoms with van der Waals surface area (Å²) in [5, 5.41) is 2.38. The van der Waals surface area contributed by atoms with E-state index < -0.39 is 9.84 Å². The van der Waals surface area contributed by atoms with Crippen LogP contribution in [0.1, 0.15) is 31.4 Å². The summed E-state index contributed by atoms with van der Waals surface area (Å²) >= 11 is 6.03. The molecule has 5 rings (SSSR count). The van der Waals surface area contributed by atoms with Crippen molar-refractivity contribution in [1.29, 1.82) is 0 Å². The quantitative estimate of drug-likeness (QED) is 0.464. The Labute approximate surface area is 205 Å². The number of carbonyl (C=O) groups is 1. The van der Waals surface area contributed by atoms with E-state index in [0.29, 0.717) is 29.3 Å². The van der Waals surface area contributed by atoms with Gasteiger partial charge >= 0.3 is 0 Å². The van der Waals surface area contributed by atoms with Crippen LogP contribution in [-0.4, -0.2) is 55.1 Å². The van der Waals surface area contributed by atoms with Gasteiger partial charge in [-0.25, -0.2) is 8.42 Å². The third kappa shape index (κ3) is 4.39. The van der Waals surface area contributed by atoms with Crippen molar-refractivity contribution in [2.75, 3.05) is 30.3 Å². The lowest BCUT2D eigenvalue weighted by Crippen LogP contribution is -2.67. The number of hydrogen-bond donors (Lipinski definition) is 0. The number of rotatable bonds is 6. The molecule has 0 radical (unpaired) electrons. The molecular weight excluding hydrogens is 470 g/mol. The summed E-state index contributed by atoms with van der Waals surface area (Å²) in [7, 11) is -3.44. The molecule has 34 heavy (non-hydrogen) atoms. The van der Waals surface area contributed by atoms with Crippen LogP contribution in [0.4, 0.5) is 5.69 Å². The molecule has 2 fully saturated rings. The van der Waals surface area contributed by atoms with Crippen LogP contribution >= 0.6 is 11.6 Å². The topological polar surface area (TPSA) is 70.6 Å². The number of pyridine rings is 1. The normalized spacial score (nSPS) is 17.9. The fourth-order valence-corrected chi connectivity index (χ4v) is 6.79. The summed E-state index contributed by atoms with van der Waals surface area (Å²) in [6.45, 7) is 4.23. The summed E-state index contributed by atoms with van der Waals surface area (Å²) in [6, 6.07) is 14.7. The third-order valence-electron chi connectivity index (χ3n) is 7.22. The van der Waals surface area contributed by atoms with E-state index in [1.807, 2.05) is 36.2 Å². The lowest BCUT2D eigenvalue weighted by Gasteiger charge is -2.56. The van der Waals surface area contributed by atoms with Gasteiger partial charge in [-0.2, -0.15) is 0 Å². The fraction of sp³-hybridized carbons (Fsp3) is 0.385. The van der Waals surface area contributed by atoms with E-state index in [9.17, 15) is 13.2 Å². The molecule has 0 aliphatic carbocycles. The maximum atomic E-state index is 13.0. The van der Waals surface area contributed by atoms with Gasteiger partial charge in [0, 0.05) is 42.2 Å². The van der Waals surface area contributed by atoms with Crippen molar-refractivity contribution in [3.63, 3.8) is 0 Å². The summed E-state index contributed by atoms with van der Waals surface area (Å²) in [5.41, 5.74) is 2.04. The minimum atomic E-state index is -3.44. The minimum Gasteiger partial charge on any atom is -0.371 e. The summed E-state index contributed by atoms with van der Waals surface area (Å²) in [5.74, 6) is 0.155. The molecule has 0 unspecified atom stereocenters. The molecule has 1 aromatic heterocycles. The van der Waals surface area contributed by atoms with Gasteiger partial charge in [-0.15, -0.1) is 0 Å². The Hall–Kier alpha value is -2.64. The first-order valence-corrected chi connectivity index (χ1v) is 13.7.